The summed E-state index contributed by atoms with van der Waals surface area (Å²) >= 11 is 0. The molecule has 5 heteroatoms. The van der Waals surface area contributed by atoms with Crippen LogP contribution in [-0.4, -0.2) is 41.4 Å². The maximum Gasteiger partial charge on any atom is 0.341 e. The van der Waals surface area contributed by atoms with Crippen LogP contribution in [0.1, 0.15) is 26.3 Å². The molecule has 1 aromatic rings. The molecule has 5 nitrogen and oxygen atoms in total. The molecule has 116 valence electrons. The first-order chi connectivity index (χ1) is 9.81. The number of β-amino-alcohol motifs (C(OH)–C–C–N with tert-alkyl or cyclic N) is 1. The zero-order valence-corrected chi connectivity index (χ0v) is 12.8. The molecular weight excluding hydrogens is 268 g/mol. The molecule has 0 bridgehead atoms. The highest BCUT2D eigenvalue weighted by Gasteiger charge is 2.49. The Kier molecular flexibility index (Phi) is 4.66. The second kappa shape index (κ2) is 6.13. The van der Waals surface area contributed by atoms with E-state index in [-0.39, 0.29) is 12.6 Å². The first-order valence-electron chi connectivity index (χ1n) is 7.25. The first kappa shape index (κ1) is 15.9. The van der Waals surface area contributed by atoms with Gasteiger partial charge in [-0.2, -0.15) is 0 Å². The van der Waals surface area contributed by atoms with E-state index in [0.29, 0.717) is 13.1 Å². The average molecular weight is 292 g/mol. The van der Waals surface area contributed by atoms with Crippen molar-refractivity contribution in [3.8, 4) is 0 Å². The molecule has 1 heterocycles. The molecule has 1 fully saturated rings. The minimum Gasteiger partial charge on any atom is -0.458 e. The van der Waals surface area contributed by atoms with Gasteiger partial charge in [-0.25, -0.2) is 4.79 Å². The lowest BCUT2D eigenvalue weighted by Crippen LogP contribution is -2.57. The van der Waals surface area contributed by atoms with Crippen LogP contribution in [0, 0.1) is 0 Å². The summed E-state index contributed by atoms with van der Waals surface area (Å²) in [5.74, 6) is -0.578. The fourth-order valence-electron chi connectivity index (χ4n) is 2.36. The number of aliphatic hydroxyl groups is 1. The monoisotopic (exact) mass is 292 g/mol. The van der Waals surface area contributed by atoms with Gasteiger partial charge >= 0.3 is 5.97 Å². The summed E-state index contributed by atoms with van der Waals surface area (Å²) in [7, 11) is 0. The third-order valence-electron chi connectivity index (χ3n) is 3.47. The quantitative estimate of drug-likeness (QED) is 0.717. The van der Waals surface area contributed by atoms with E-state index in [9.17, 15) is 9.90 Å². The number of esters is 1. The van der Waals surface area contributed by atoms with Crippen LogP contribution >= 0.6 is 0 Å². The van der Waals surface area contributed by atoms with E-state index in [1.165, 1.54) is 0 Å². The lowest BCUT2D eigenvalue weighted by atomic mass is 9.97. The van der Waals surface area contributed by atoms with Crippen LogP contribution in [-0.2, 0) is 16.1 Å². The number of hydrogen-bond acceptors (Lipinski definition) is 5. The minimum atomic E-state index is -1.53. The van der Waals surface area contributed by atoms with Crippen LogP contribution in [0.3, 0.4) is 0 Å². The summed E-state index contributed by atoms with van der Waals surface area (Å²) < 4.78 is 5.34. The Morgan fingerprint density at radius 3 is 2.71 bits per heavy atom. The van der Waals surface area contributed by atoms with E-state index in [1.54, 1.807) is 20.8 Å². The number of rotatable bonds is 4. The van der Waals surface area contributed by atoms with Crippen LogP contribution in [0.2, 0.25) is 0 Å². The van der Waals surface area contributed by atoms with Gasteiger partial charge in [-0.3, -0.25) is 0 Å². The molecule has 0 aromatic heterocycles. The zero-order valence-electron chi connectivity index (χ0n) is 12.8. The molecule has 1 aliphatic rings. The zero-order chi connectivity index (χ0) is 15.5. The number of carbonyl (C=O) groups excluding carboxylic acids is 1. The molecule has 0 amide bonds. The van der Waals surface area contributed by atoms with Gasteiger partial charge in [0.1, 0.15) is 5.60 Å². The molecule has 0 spiro atoms. The Labute approximate surface area is 125 Å². The lowest BCUT2D eigenvalue weighted by Gasteiger charge is -2.31. The number of nitrogens with one attached hydrogen (secondary N) is 2. The largest absolute Gasteiger partial charge is 0.458 e. The molecule has 0 aliphatic carbocycles. The highest BCUT2D eigenvalue weighted by atomic mass is 16.6. The summed E-state index contributed by atoms with van der Waals surface area (Å²) in [4.78, 5) is 12.3. The Morgan fingerprint density at radius 2 is 2.10 bits per heavy atom. The summed E-state index contributed by atoms with van der Waals surface area (Å²) in [5, 5.41) is 17.0. The Hall–Kier alpha value is -1.43. The molecule has 21 heavy (non-hydrogen) atoms. The molecule has 1 aromatic carbocycles. The summed E-state index contributed by atoms with van der Waals surface area (Å²) in [6.07, 6.45) is 0. The SMILES string of the molecule is CC(C)(C)OC(=O)[C@@]1(O)CNC[C@H]1NCc1ccccc1. The van der Waals surface area contributed by atoms with Crippen molar-refractivity contribution in [3.63, 3.8) is 0 Å². The summed E-state index contributed by atoms with van der Waals surface area (Å²) in [6.45, 7) is 6.71. The lowest BCUT2D eigenvalue weighted by molar-refractivity contribution is -0.177. The maximum atomic E-state index is 12.3. The van der Waals surface area contributed by atoms with Crippen molar-refractivity contribution in [2.45, 2.75) is 44.6 Å². The Balaban J connectivity index is 2.00. The molecule has 0 unspecified atom stereocenters. The minimum absolute atomic E-state index is 0.203. The Morgan fingerprint density at radius 1 is 1.43 bits per heavy atom. The highest BCUT2D eigenvalue weighted by molar-refractivity contribution is 5.81. The van der Waals surface area contributed by atoms with Crippen molar-refractivity contribution in [1.29, 1.82) is 0 Å². The molecule has 2 atom stereocenters. The van der Waals surface area contributed by atoms with Gasteiger partial charge < -0.3 is 20.5 Å². The molecule has 1 aliphatic heterocycles. The normalized spacial score (nSPS) is 25.8. The van der Waals surface area contributed by atoms with Crippen molar-refractivity contribution >= 4 is 5.97 Å². The molecule has 2 rings (SSSR count). The molecule has 1 saturated heterocycles. The Bertz CT molecular complexity index is 484. The van der Waals surface area contributed by atoms with E-state index in [2.05, 4.69) is 10.6 Å². The smallest absolute Gasteiger partial charge is 0.341 e. The van der Waals surface area contributed by atoms with Gasteiger partial charge in [-0.15, -0.1) is 0 Å². The predicted molar refractivity (Wildman–Crippen MR) is 80.7 cm³/mol. The van der Waals surface area contributed by atoms with Crippen molar-refractivity contribution in [1.82, 2.24) is 10.6 Å². The van der Waals surface area contributed by atoms with Crippen LogP contribution in [0.4, 0.5) is 0 Å². The van der Waals surface area contributed by atoms with Crippen molar-refractivity contribution < 1.29 is 14.6 Å². The number of ether oxygens (including phenoxy) is 1. The molecular formula is C16H24N2O3. The predicted octanol–water partition coefficient (Wildman–Crippen LogP) is 0.821. The van der Waals surface area contributed by atoms with E-state index in [0.717, 1.165) is 5.56 Å². The third kappa shape index (κ3) is 4.03. The van der Waals surface area contributed by atoms with E-state index >= 15 is 0 Å². The average Bonchev–Trinajstić information content (AvgIpc) is 2.78. The van der Waals surface area contributed by atoms with Crippen LogP contribution in [0.5, 0.6) is 0 Å². The maximum absolute atomic E-state index is 12.3. The van der Waals surface area contributed by atoms with Crippen molar-refractivity contribution in [3.05, 3.63) is 35.9 Å². The van der Waals surface area contributed by atoms with Gasteiger partial charge in [0.15, 0.2) is 5.60 Å². The van der Waals surface area contributed by atoms with Crippen molar-refractivity contribution in [2.24, 2.45) is 0 Å². The second-order valence-electron chi connectivity index (χ2n) is 6.48. The van der Waals surface area contributed by atoms with E-state index in [4.69, 9.17) is 4.74 Å². The first-order valence-corrected chi connectivity index (χ1v) is 7.25. The van der Waals surface area contributed by atoms with Crippen LogP contribution in [0.25, 0.3) is 0 Å². The number of carbonyl (C=O) groups is 1. The summed E-state index contributed by atoms with van der Waals surface area (Å²) in [5.41, 5.74) is -1.03. The van der Waals surface area contributed by atoms with Crippen LogP contribution in [0.15, 0.2) is 30.3 Å². The topological polar surface area (TPSA) is 70.6 Å². The number of hydrogen-bond donors (Lipinski definition) is 3. The van der Waals surface area contributed by atoms with Gasteiger partial charge in [-0.05, 0) is 26.3 Å². The second-order valence-corrected chi connectivity index (χ2v) is 6.48. The van der Waals surface area contributed by atoms with E-state index < -0.39 is 17.2 Å². The highest BCUT2D eigenvalue weighted by Crippen LogP contribution is 2.21. The fraction of sp³-hybridized carbons (Fsp3) is 0.562. The number of benzene rings is 1. The standard InChI is InChI=1S/C16H24N2O3/c1-15(2,3)21-14(19)16(20)11-17-10-13(16)18-9-12-7-5-4-6-8-12/h4-8,13,17-18,20H,9-11H2,1-3H3/t13-,16-/m1/s1. The fourth-order valence-corrected chi connectivity index (χ4v) is 2.36. The molecule has 0 radical (unpaired) electrons. The van der Waals surface area contributed by atoms with Crippen molar-refractivity contribution in [2.75, 3.05) is 13.1 Å². The molecule has 0 saturated carbocycles. The van der Waals surface area contributed by atoms with Gasteiger partial charge in [0.2, 0.25) is 0 Å². The molecule has 3 N–H and O–H groups in total. The van der Waals surface area contributed by atoms with Gasteiger partial charge in [0, 0.05) is 19.6 Å². The summed E-state index contributed by atoms with van der Waals surface area (Å²) in [6, 6.07) is 9.52. The van der Waals surface area contributed by atoms with E-state index in [1.807, 2.05) is 30.3 Å². The van der Waals surface area contributed by atoms with Gasteiger partial charge in [-0.1, -0.05) is 30.3 Å². The van der Waals surface area contributed by atoms with Gasteiger partial charge in [0.25, 0.3) is 0 Å². The van der Waals surface area contributed by atoms with Gasteiger partial charge in [0.05, 0.1) is 6.04 Å². The van der Waals surface area contributed by atoms with Crippen LogP contribution < -0.4 is 10.6 Å². The third-order valence-corrected chi connectivity index (χ3v) is 3.47.